The number of carbonyl (C=O) groups is 3. The van der Waals surface area contributed by atoms with Crippen molar-refractivity contribution in [2.45, 2.75) is 110 Å². The third-order valence-corrected chi connectivity index (χ3v) is 4.82. The van der Waals surface area contributed by atoms with Gasteiger partial charge in [0.05, 0.1) is 19.3 Å². The van der Waals surface area contributed by atoms with Crippen molar-refractivity contribution in [2.24, 2.45) is 0 Å². The predicted octanol–water partition coefficient (Wildman–Crippen LogP) is -1.09. The van der Waals surface area contributed by atoms with Gasteiger partial charge >= 0.3 is 17.9 Å². The fourth-order valence-corrected chi connectivity index (χ4v) is 3.25. The van der Waals surface area contributed by atoms with Crippen LogP contribution in [0.4, 0.5) is 0 Å². The maximum Gasteiger partial charge on any atom is 0.306 e. The van der Waals surface area contributed by atoms with E-state index in [1.165, 1.54) is 0 Å². The molecule has 10 heteroatoms. The second-order valence-electron chi connectivity index (χ2n) is 7.75. The van der Waals surface area contributed by atoms with E-state index in [1.54, 1.807) is 6.92 Å². The summed E-state index contributed by atoms with van der Waals surface area (Å²) in [5.41, 5.74) is 3.81. The highest BCUT2D eigenvalue weighted by molar-refractivity contribution is 5.71. The molecule has 188 valence electrons. The highest BCUT2D eigenvalue weighted by atomic mass is 79.9. The summed E-state index contributed by atoms with van der Waals surface area (Å²) in [6, 6.07) is 0. The Morgan fingerprint density at radius 2 is 1.25 bits per heavy atom. The topological polar surface area (TPSA) is 125 Å². The second-order valence-corrected chi connectivity index (χ2v) is 7.75. The summed E-state index contributed by atoms with van der Waals surface area (Å²) >= 11 is 0. The molecule has 1 aliphatic rings. The summed E-state index contributed by atoms with van der Waals surface area (Å²) in [4.78, 5) is 36.9. The Balaban J connectivity index is 0.00000961. The zero-order chi connectivity index (χ0) is 23.2. The Morgan fingerprint density at radius 3 is 1.72 bits per heavy atom. The monoisotopic (exact) mass is 525 g/mol. The Kier molecular flexibility index (Phi) is 16.6. The van der Waals surface area contributed by atoms with Crippen LogP contribution >= 0.6 is 0 Å². The molecule has 1 rings (SSSR count). The first kappa shape index (κ1) is 30.8. The molecular formula is C22H40BrNO8. The first-order chi connectivity index (χ1) is 14.9. The van der Waals surface area contributed by atoms with Gasteiger partial charge in [-0.3, -0.25) is 14.4 Å². The van der Waals surface area contributed by atoms with Crippen molar-refractivity contribution in [1.82, 2.24) is 0 Å². The number of rotatable bonds is 14. The first-order valence-electron chi connectivity index (χ1n) is 11.5. The summed E-state index contributed by atoms with van der Waals surface area (Å²) < 4.78 is 28.7. The summed E-state index contributed by atoms with van der Waals surface area (Å²) in [6.07, 6.45) is -0.384. The number of halogens is 1. The Bertz CT molecular complexity index is 562. The van der Waals surface area contributed by atoms with Gasteiger partial charge in [-0.05, 0) is 39.0 Å². The molecule has 1 unspecified atom stereocenters. The largest absolute Gasteiger partial charge is 1.00 e. The predicted molar refractivity (Wildman–Crippen MR) is 112 cm³/mol. The molecule has 0 radical (unpaired) electrons. The van der Waals surface area contributed by atoms with Crippen LogP contribution in [0.2, 0.25) is 0 Å². The fraction of sp³-hybridized carbons (Fsp3) is 0.864. The third kappa shape index (κ3) is 10.6. The molecule has 0 bridgehead atoms. The molecule has 0 aromatic rings. The third-order valence-electron chi connectivity index (χ3n) is 4.82. The van der Waals surface area contributed by atoms with E-state index >= 15 is 0 Å². The van der Waals surface area contributed by atoms with E-state index in [0.717, 1.165) is 19.4 Å². The minimum atomic E-state index is -1.03. The van der Waals surface area contributed by atoms with Crippen LogP contribution in [0.15, 0.2) is 0 Å². The van der Waals surface area contributed by atoms with E-state index in [1.807, 2.05) is 20.8 Å². The number of carbonyl (C=O) groups excluding carboxylic acids is 3. The van der Waals surface area contributed by atoms with E-state index in [4.69, 9.17) is 23.7 Å². The lowest BCUT2D eigenvalue weighted by molar-refractivity contribution is -0.369. The number of quaternary nitrogens is 1. The average Bonchev–Trinajstić information content (AvgIpc) is 2.71. The van der Waals surface area contributed by atoms with Gasteiger partial charge in [0.25, 0.3) is 0 Å². The Labute approximate surface area is 201 Å². The quantitative estimate of drug-likeness (QED) is 0.172. The fourth-order valence-electron chi connectivity index (χ4n) is 3.25. The van der Waals surface area contributed by atoms with Crippen LogP contribution in [-0.4, -0.2) is 61.8 Å². The lowest BCUT2D eigenvalue weighted by Gasteiger charge is -2.43. The second kappa shape index (κ2) is 17.3. The summed E-state index contributed by atoms with van der Waals surface area (Å²) in [5.74, 6) is -1.33. The average molecular weight is 526 g/mol. The van der Waals surface area contributed by atoms with E-state index in [2.05, 4.69) is 5.73 Å². The van der Waals surface area contributed by atoms with Crippen molar-refractivity contribution in [3.05, 3.63) is 0 Å². The van der Waals surface area contributed by atoms with Crippen LogP contribution in [0.3, 0.4) is 0 Å². The van der Waals surface area contributed by atoms with Gasteiger partial charge in [0.2, 0.25) is 0 Å². The van der Waals surface area contributed by atoms with Gasteiger partial charge in [0.1, 0.15) is 0 Å². The van der Waals surface area contributed by atoms with Crippen molar-refractivity contribution in [2.75, 3.05) is 13.2 Å². The first-order valence-corrected chi connectivity index (χ1v) is 11.5. The molecule has 0 spiro atoms. The van der Waals surface area contributed by atoms with Crippen LogP contribution in [0.5, 0.6) is 0 Å². The number of ether oxygens (including phenoxy) is 5. The van der Waals surface area contributed by atoms with Gasteiger partial charge in [-0.1, -0.05) is 20.8 Å². The van der Waals surface area contributed by atoms with E-state index in [-0.39, 0.29) is 36.2 Å². The van der Waals surface area contributed by atoms with Crippen LogP contribution in [-0.2, 0) is 38.1 Å². The van der Waals surface area contributed by atoms with Crippen molar-refractivity contribution >= 4 is 17.9 Å². The molecule has 32 heavy (non-hydrogen) atoms. The summed E-state index contributed by atoms with van der Waals surface area (Å²) in [5, 5.41) is 0. The number of esters is 3. The minimum absolute atomic E-state index is 0. The summed E-state index contributed by atoms with van der Waals surface area (Å²) in [6.45, 7) is 8.48. The van der Waals surface area contributed by atoms with E-state index in [0.29, 0.717) is 25.9 Å². The molecular weight excluding hydrogens is 486 g/mol. The van der Waals surface area contributed by atoms with Crippen LogP contribution < -0.4 is 22.7 Å². The van der Waals surface area contributed by atoms with Gasteiger partial charge in [-0.25, -0.2) is 0 Å². The minimum Gasteiger partial charge on any atom is -1.00 e. The molecule has 0 aromatic heterocycles. The van der Waals surface area contributed by atoms with Crippen LogP contribution in [0, 0.1) is 0 Å². The molecule has 0 amide bonds. The number of unbranched alkanes of at least 4 members (excludes halogenated alkanes) is 1. The normalized spacial score (nSPS) is 24.8. The van der Waals surface area contributed by atoms with Gasteiger partial charge in [0.15, 0.2) is 24.6 Å². The van der Waals surface area contributed by atoms with Gasteiger partial charge in [0, 0.05) is 19.3 Å². The zero-order valence-corrected chi connectivity index (χ0v) is 21.4. The maximum absolute atomic E-state index is 12.3. The lowest BCUT2D eigenvalue weighted by atomic mass is 9.98. The molecule has 1 fully saturated rings. The molecule has 1 heterocycles. The van der Waals surface area contributed by atoms with Gasteiger partial charge in [-0.2, -0.15) is 0 Å². The van der Waals surface area contributed by atoms with E-state index < -0.39 is 48.6 Å². The smallest absolute Gasteiger partial charge is 0.306 e. The molecule has 3 N–H and O–H groups in total. The summed E-state index contributed by atoms with van der Waals surface area (Å²) in [7, 11) is 0. The van der Waals surface area contributed by atoms with Crippen molar-refractivity contribution in [3.63, 3.8) is 0 Å². The molecule has 5 atom stereocenters. The Morgan fingerprint density at radius 1 is 0.781 bits per heavy atom. The van der Waals surface area contributed by atoms with Crippen molar-refractivity contribution in [1.29, 1.82) is 0 Å². The van der Waals surface area contributed by atoms with Gasteiger partial charge in [-0.15, -0.1) is 0 Å². The van der Waals surface area contributed by atoms with Gasteiger partial charge < -0.3 is 46.4 Å². The van der Waals surface area contributed by atoms with Crippen LogP contribution in [0.1, 0.15) is 79.1 Å². The Hall–Kier alpha value is -1.23. The van der Waals surface area contributed by atoms with Crippen LogP contribution in [0.25, 0.3) is 0 Å². The van der Waals surface area contributed by atoms with Crippen molar-refractivity contribution in [3.8, 4) is 0 Å². The number of hydrogen-bond donors (Lipinski definition) is 1. The zero-order valence-electron chi connectivity index (χ0n) is 19.8. The lowest BCUT2D eigenvalue weighted by Crippen LogP contribution is -3.00. The highest BCUT2D eigenvalue weighted by Crippen LogP contribution is 2.30. The SMILES string of the molecule is CCCC(=O)O[C@@H]1[C@H](OC(=O)CCC)[C@H](C)OC(OCCCC[NH3+])[C@H]1OC(=O)CCC.[Br-]. The number of hydrogen-bond acceptors (Lipinski definition) is 8. The van der Waals surface area contributed by atoms with E-state index in [9.17, 15) is 14.4 Å². The molecule has 1 aliphatic heterocycles. The molecule has 0 aliphatic carbocycles. The molecule has 0 saturated carbocycles. The molecule has 0 aromatic carbocycles. The molecule has 1 saturated heterocycles. The van der Waals surface area contributed by atoms with Crippen molar-refractivity contribution < 1.29 is 60.8 Å². The standard InChI is InChI=1S/C22H39NO8.BrH/c1-5-10-16(24)29-19-15(4)28-22(27-14-9-8-13-23)21(31-18(26)12-7-3)20(19)30-17(25)11-6-2;/h15,19-22H,5-14,23H2,1-4H3;1H/t15-,19+,20+,21-,22?;/m0./s1. The maximum atomic E-state index is 12.3. The highest BCUT2D eigenvalue weighted by Gasteiger charge is 2.51. The molecule has 9 nitrogen and oxygen atoms in total.